The molecule has 3 heterocycles. The zero-order valence-corrected chi connectivity index (χ0v) is 16.4. The summed E-state index contributed by atoms with van der Waals surface area (Å²) in [5.74, 6) is 0.316. The number of likely N-dealkylation sites (tertiary alicyclic amines) is 1. The molecule has 0 N–H and O–H groups in total. The summed E-state index contributed by atoms with van der Waals surface area (Å²) >= 11 is 0. The van der Waals surface area contributed by atoms with Gasteiger partial charge >= 0.3 is 5.63 Å². The molecule has 1 aliphatic rings. The second-order valence-corrected chi connectivity index (χ2v) is 7.55. The van der Waals surface area contributed by atoms with Gasteiger partial charge < -0.3 is 14.1 Å². The lowest BCUT2D eigenvalue weighted by Gasteiger charge is -2.39. The van der Waals surface area contributed by atoms with E-state index in [1.54, 1.807) is 29.2 Å². The minimum Gasteiger partial charge on any atom is -0.491 e. The van der Waals surface area contributed by atoms with Gasteiger partial charge in [0.05, 0.1) is 17.8 Å². The zero-order chi connectivity index (χ0) is 20.0. The van der Waals surface area contributed by atoms with Gasteiger partial charge in [0, 0.05) is 30.2 Å². The number of ether oxygens (including phenoxy) is 1. The van der Waals surface area contributed by atoms with Crippen molar-refractivity contribution in [1.82, 2.24) is 14.7 Å². The van der Waals surface area contributed by atoms with E-state index in [9.17, 15) is 9.59 Å². The lowest BCUT2D eigenvalue weighted by molar-refractivity contribution is 0.0493. The average Bonchev–Trinajstić information content (AvgIpc) is 2.90. The second-order valence-electron chi connectivity index (χ2n) is 7.55. The van der Waals surface area contributed by atoms with Gasteiger partial charge in [0.1, 0.15) is 16.9 Å². The standard InChI is InChI=1S/C21H23N3O4/c1-12(2)27-17-6-5-15-8-18(21(26)28-19(15)9-17)20(25)23-10-16(11-23)24-14(4)7-13(3)22-24/h5-9,12,16H,10-11H2,1-4H3. The van der Waals surface area contributed by atoms with Gasteiger partial charge in [-0.05, 0) is 52.0 Å². The molecule has 146 valence electrons. The number of hydrogen-bond donors (Lipinski definition) is 0. The smallest absolute Gasteiger partial charge is 0.349 e. The first-order valence-electron chi connectivity index (χ1n) is 9.38. The van der Waals surface area contributed by atoms with Crippen LogP contribution in [0.1, 0.15) is 41.6 Å². The summed E-state index contributed by atoms with van der Waals surface area (Å²) in [6.45, 7) is 8.85. The quantitative estimate of drug-likeness (QED) is 0.649. The number of carbonyl (C=O) groups excluding carboxylic acids is 1. The number of amides is 1. The van der Waals surface area contributed by atoms with E-state index in [0.29, 0.717) is 29.8 Å². The Morgan fingerprint density at radius 1 is 1.21 bits per heavy atom. The second kappa shape index (κ2) is 6.82. The van der Waals surface area contributed by atoms with Crippen LogP contribution >= 0.6 is 0 Å². The van der Waals surface area contributed by atoms with Crippen LogP contribution in [0.3, 0.4) is 0 Å². The molecule has 3 aromatic rings. The molecule has 0 radical (unpaired) electrons. The van der Waals surface area contributed by atoms with Gasteiger partial charge in [-0.25, -0.2) is 4.79 Å². The van der Waals surface area contributed by atoms with Crippen molar-refractivity contribution >= 4 is 16.9 Å². The van der Waals surface area contributed by atoms with Gasteiger partial charge in [0.15, 0.2) is 0 Å². The van der Waals surface area contributed by atoms with Gasteiger partial charge in [-0.15, -0.1) is 0 Å². The van der Waals surface area contributed by atoms with Gasteiger partial charge in [0.25, 0.3) is 5.91 Å². The highest BCUT2D eigenvalue weighted by Gasteiger charge is 2.35. The van der Waals surface area contributed by atoms with E-state index in [1.165, 1.54) is 0 Å². The van der Waals surface area contributed by atoms with E-state index in [2.05, 4.69) is 5.10 Å². The number of fused-ring (bicyclic) bond motifs is 1. The Kier molecular flexibility index (Phi) is 4.45. The summed E-state index contributed by atoms with van der Waals surface area (Å²) in [5.41, 5.74) is 1.85. The van der Waals surface area contributed by atoms with Crippen molar-refractivity contribution in [3.63, 3.8) is 0 Å². The molecule has 1 saturated heterocycles. The maximum absolute atomic E-state index is 12.8. The molecule has 1 fully saturated rings. The number of rotatable bonds is 4. The summed E-state index contributed by atoms with van der Waals surface area (Å²) in [6, 6.07) is 9.02. The van der Waals surface area contributed by atoms with Crippen molar-refractivity contribution in [2.75, 3.05) is 13.1 Å². The van der Waals surface area contributed by atoms with Crippen molar-refractivity contribution < 1.29 is 13.9 Å². The van der Waals surface area contributed by atoms with Crippen LogP contribution in [-0.2, 0) is 0 Å². The molecule has 0 unspecified atom stereocenters. The Balaban J connectivity index is 1.54. The summed E-state index contributed by atoms with van der Waals surface area (Å²) in [6.07, 6.45) is 0.0200. The lowest BCUT2D eigenvalue weighted by Crippen LogP contribution is -2.52. The molecule has 28 heavy (non-hydrogen) atoms. The molecule has 0 bridgehead atoms. The van der Waals surface area contributed by atoms with Crippen molar-refractivity contribution in [2.45, 2.75) is 39.8 Å². The van der Waals surface area contributed by atoms with Crippen LogP contribution in [0, 0.1) is 13.8 Å². The summed E-state index contributed by atoms with van der Waals surface area (Å²) < 4.78 is 13.0. The molecule has 7 heteroatoms. The van der Waals surface area contributed by atoms with Crippen LogP contribution in [0.15, 0.2) is 39.5 Å². The number of carbonyl (C=O) groups is 1. The fourth-order valence-corrected chi connectivity index (χ4v) is 3.55. The number of aromatic nitrogens is 2. The van der Waals surface area contributed by atoms with Crippen LogP contribution in [0.4, 0.5) is 0 Å². The predicted octanol–water partition coefficient (Wildman–Crippen LogP) is 3.09. The fourth-order valence-electron chi connectivity index (χ4n) is 3.55. The minimum atomic E-state index is -0.631. The maximum atomic E-state index is 12.8. The van der Waals surface area contributed by atoms with Gasteiger partial charge in [-0.2, -0.15) is 5.10 Å². The summed E-state index contributed by atoms with van der Waals surface area (Å²) in [5, 5.41) is 5.16. The lowest BCUT2D eigenvalue weighted by atomic mass is 10.1. The van der Waals surface area contributed by atoms with E-state index in [0.717, 1.165) is 11.4 Å². The molecule has 0 aliphatic carbocycles. The molecule has 0 spiro atoms. The van der Waals surface area contributed by atoms with Crippen molar-refractivity contribution in [3.8, 4) is 5.75 Å². The summed E-state index contributed by atoms with van der Waals surface area (Å²) in [7, 11) is 0. The highest BCUT2D eigenvalue weighted by Crippen LogP contribution is 2.26. The molecule has 1 aliphatic heterocycles. The molecule has 7 nitrogen and oxygen atoms in total. The first-order chi connectivity index (χ1) is 13.3. The topological polar surface area (TPSA) is 77.6 Å². The molecule has 4 rings (SSSR count). The fraction of sp³-hybridized carbons (Fsp3) is 0.381. The third-order valence-corrected chi connectivity index (χ3v) is 4.85. The van der Waals surface area contributed by atoms with E-state index in [1.807, 2.05) is 38.4 Å². The highest BCUT2D eigenvalue weighted by molar-refractivity contribution is 5.97. The van der Waals surface area contributed by atoms with Gasteiger partial charge in [-0.1, -0.05) is 0 Å². The Hall–Kier alpha value is -3.09. The molecule has 1 amide bonds. The third-order valence-electron chi connectivity index (χ3n) is 4.85. The van der Waals surface area contributed by atoms with E-state index in [4.69, 9.17) is 9.15 Å². The number of aryl methyl sites for hydroxylation is 2. The Morgan fingerprint density at radius 3 is 2.61 bits per heavy atom. The largest absolute Gasteiger partial charge is 0.491 e. The van der Waals surface area contributed by atoms with Crippen molar-refractivity contribution in [2.24, 2.45) is 0 Å². The maximum Gasteiger partial charge on any atom is 0.349 e. The van der Waals surface area contributed by atoms with E-state index >= 15 is 0 Å². The third kappa shape index (κ3) is 3.28. The number of hydrogen-bond acceptors (Lipinski definition) is 5. The monoisotopic (exact) mass is 381 g/mol. The minimum absolute atomic E-state index is 0.0200. The molecule has 0 atom stereocenters. The molecule has 1 aromatic carbocycles. The van der Waals surface area contributed by atoms with Crippen LogP contribution in [0.25, 0.3) is 11.0 Å². The Morgan fingerprint density at radius 2 is 1.96 bits per heavy atom. The van der Waals surface area contributed by atoms with E-state index < -0.39 is 5.63 Å². The normalized spacial score (nSPS) is 14.5. The SMILES string of the molecule is Cc1cc(C)n(C2CN(C(=O)c3cc4ccc(OC(C)C)cc4oc3=O)C2)n1. The van der Waals surface area contributed by atoms with Crippen molar-refractivity contribution in [1.29, 1.82) is 0 Å². The highest BCUT2D eigenvalue weighted by atomic mass is 16.5. The first kappa shape index (κ1) is 18.3. The Labute approximate surface area is 162 Å². The summed E-state index contributed by atoms with van der Waals surface area (Å²) in [4.78, 5) is 26.8. The van der Waals surface area contributed by atoms with Gasteiger partial charge in [0.2, 0.25) is 0 Å². The predicted molar refractivity (Wildman–Crippen MR) is 105 cm³/mol. The molecule has 0 saturated carbocycles. The van der Waals surface area contributed by atoms with Crippen LogP contribution in [0.5, 0.6) is 5.75 Å². The average molecular weight is 381 g/mol. The van der Waals surface area contributed by atoms with Crippen LogP contribution < -0.4 is 10.4 Å². The number of benzene rings is 1. The van der Waals surface area contributed by atoms with E-state index in [-0.39, 0.29) is 23.6 Å². The molecular formula is C21H23N3O4. The Bertz CT molecular complexity index is 1110. The number of nitrogens with zero attached hydrogens (tertiary/aromatic N) is 3. The van der Waals surface area contributed by atoms with Crippen LogP contribution in [0.2, 0.25) is 0 Å². The molecular weight excluding hydrogens is 358 g/mol. The van der Waals surface area contributed by atoms with Crippen LogP contribution in [-0.4, -0.2) is 39.8 Å². The zero-order valence-electron chi connectivity index (χ0n) is 16.4. The van der Waals surface area contributed by atoms with Crippen molar-refractivity contribution in [3.05, 3.63) is 57.7 Å². The first-order valence-corrected chi connectivity index (χ1v) is 9.38. The van der Waals surface area contributed by atoms with Gasteiger partial charge in [-0.3, -0.25) is 9.48 Å². The molecule has 2 aromatic heterocycles.